The first kappa shape index (κ1) is 25.3. The quantitative estimate of drug-likeness (QED) is 0.306. The highest BCUT2D eigenvalue weighted by atomic mass is 19.1. The second kappa shape index (κ2) is 12.7. The van der Waals surface area contributed by atoms with Crippen molar-refractivity contribution in [1.29, 1.82) is 0 Å². The fourth-order valence-corrected chi connectivity index (χ4v) is 3.01. The van der Waals surface area contributed by atoms with Crippen molar-refractivity contribution in [2.75, 3.05) is 0 Å². The van der Waals surface area contributed by atoms with Gasteiger partial charge in [-0.15, -0.1) is 0 Å². The molecule has 0 aromatic heterocycles. The molecule has 1 unspecified atom stereocenters. The van der Waals surface area contributed by atoms with E-state index in [-0.39, 0.29) is 5.82 Å². The van der Waals surface area contributed by atoms with Crippen LogP contribution >= 0.6 is 0 Å². The molecule has 170 valence electrons. The Morgan fingerprint density at radius 2 is 1.75 bits per heavy atom. The van der Waals surface area contributed by atoms with Crippen LogP contribution in [0, 0.1) is 11.7 Å². The molecule has 2 aromatic carbocycles. The van der Waals surface area contributed by atoms with Crippen LogP contribution in [0.4, 0.5) is 4.39 Å². The molecule has 0 aliphatic carbocycles. The minimum atomic E-state index is -0.271. The van der Waals surface area contributed by atoms with Crippen LogP contribution in [0.2, 0.25) is 0 Å². The molecule has 4 heteroatoms. The van der Waals surface area contributed by atoms with Crippen LogP contribution in [-0.2, 0) is 6.54 Å². The highest BCUT2D eigenvalue weighted by molar-refractivity contribution is 5.99. The monoisotopic (exact) mass is 433 g/mol. The van der Waals surface area contributed by atoms with E-state index in [1.807, 2.05) is 37.4 Å². The van der Waals surface area contributed by atoms with Crippen LogP contribution in [0.5, 0.6) is 0 Å². The molecule has 1 atom stereocenters. The van der Waals surface area contributed by atoms with E-state index in [0.29, 0.717) is 18.3 Å². The van der Waals surface area contributed by atoms with Crippen molar-refractivity contribution in [3.63, 3.8) is 0 Å². The number of nitrogens with one attached hydrogen (secondary N) is 1. The molecule has 1 N–H and O–H groups in total. The van der Waals surface area contributed by atoms with Crippen LogP contribution in [0.1, 0.15) is 65.5 Å². The van der Waals surface area contributed by atoms with Gasteiger partial charge in [-0.2, -0.15) is 0 Å². The van der Waals surface area contributed by atoms with Crippen LogP contribution in [0.25, 0.3) is 0 Å². The van der Waals surface area contributed by atoms with Gasteiger partial charge >= 0.3 is 0 Å². The van der Waals surface area contributed by atoms with E-state index in [4.69, 9.17) is 9.98 Å². The third kappa shape index (κ3) is 7.60. The summed E-state index contributed by atoms with van der Waals surface area (Å²) in [5.41, 5.74) is 5.85. The van der Waals surface area contributed by atoms with E-state index >= 15 is 0 Å². The molecule has 0 fully saturated rings. The van der Waals surface area contributed by atoms with Gasteiger partial charge in [0.15, 0.2) is 5.82 Å². The number of nitrogens with zero attached hydrogens (tertiary/aromatic N) is 2. The Kier molecular flexibility index (Phi) is 10.1. The molecule has 0 saturated carbocycles. The Morgan fingerprint density at radius 3 is 2.38 bits per heavy atom. The molecule has 0 spiro atoms. The van der Waals surface area contributed by atoms with Gasteiger partial charge in [-0.05, 0) is 68.4 Å². The first-order valence-electron chi connectivity index (χ1n) is 11.4. The largest absolute Gasteiger partial charge is 0.364 e. The molecule has 0 saturated heterocycles. The summed E-state index contributed by atoms with van der Waals surface area (Å²) in [6.45, 7) is 13.2. The third-order valence-corrected chi connectivity index (χ3v) is 5.68. The SMILES string of the molecule is CC/C(C)=C(/C)C(/N=C\C(C)CC)=C(/N=C(\C)c1cccc(F)c1)NCc1ccccc1. The summed E-state index contributed by atoms with van der Waals surface area (Å²) in [5, 5.41) is 3.50. The van der Waals surface area contributed by atoms with Crippen LogP contribution < -0.4 is 5.32 Å². The van der Waals surface area contributed by atoms with Gasteiger partial charge in [-0.3, -0.25) is 4.99 Å². The Hall–Kier alpha value is -3.01. The van der Waals surface area contributed by atoms with Crippen LogP contribution in [0.15, 0.2) is 87.2 Å². The summed E-state index contributed by atoms with van der Waals surface area (Å²) < 4.78 is 13.8. The summed E-state index contributed by atoms with van der Waals surface area (Å²) in [6.07, 6.45) is 3.95. The summed E-state index contributed by atoms with van der Waals surface area (Å²) in [6, 6.07) is 16.7. The molecule has 0 aliphatic rings. The first-order valence-corrected chi connectivity index (χ1v) is 11.4. The van der Waals surface area contributed by atoms with Gasteiger partial charge in [-0.1, -0.05) is 68.8 Å². The topological polar surface area (TPSA) is 36.8 Å². The fraction of sp³-hybridized carbons (Fsp3) is 0.357. The second-order valence-electron chi connectivity index (χ2n) is 8.17. The normalized spacial score (nSPS) is 14.8. The van der Waals surface area contributed by atoms with E-state index in [2.05, 4.69) is 52.1 Å². The lowest BCUT2D eigenvalue weighted by Gasteiger charge is -2.15. The summed E-state index contributed by atoms with van der Waals surface area (Å²) >= 11 is 0. The van der Waals surface area contributed by atoms with Gasteiger partial charge in [0, 0.05) is 18.5 Å². The van der Waals surface area contributed by atoms with Crippen molar-refractivity contribution in [3.05, 3.63) is 94.2 Å². The predicted octanol–water partition coefficient (Wildman–Crippen LogP) is 7.46. The highest BCUT2D eigenvalue weighted by Gasteiger charge is 2.12. The Bertz CT molecular complexity index is 1000. The number of halogens is 1. The lowest BCUT2D eigenvalue weighted by Crippen LogP contribution is -2.16. The number of allylic oxidation sites excluding steroid dienone is 2. The molecule has 2 rings (SSSR count). The molecule has 0 amide bonds. The maximum atomic E-state index is 13.8. The molecule has 0 aliphatic heterocycles. The minimum Gasteiger partial charge on any atom is -0.364 e. The fourth-order valence-electron chi connectivity index (χ4n) is 3.01. The lowest BCUT2D eigenvalue weighted by molar-refractivity contribution is 0.627. The highest BCUT2D eigenvalue weighted by Crippen LogP contribution is 2.23. The Balaban J connectivity index is 2.62. The number of rotatable bonds is 10. The average molecular weight is 434 g/mol. The molecular weight excluding hydrogens is 397 g/mol. The summed E-state index contributed by atoms with van der Waals surface area (Å²) in [4.78, 5) is 9.81. The van der Waals surface area contributed by atoms with Gasteiger partial charge in [0.2, 0.25) is 0 Å². The zero-order chi connectivity index (χ0) is 23.5. The molecule has 2 aromatic rings. The van der Waals surface area contributed by atoms with Crippen molar-refractivity contribution in [2.24, 2.45) is 15.9 Å². The standard InChI is InChI=1S/C28H36FN3/c1-7-20(3)18-30-27(22(5)21(4)8-2)28(31-19-24-13-10-9-11-14-24)32-23(6)25-15-12-16-26(29)17-25/h9-18,20,31H,7-8,19H2,1-6H3/b22-21-,28-27-,30-18-,32-23+. The Labute approximate surface area is 192 Å². The van der Waals surface area contributed by atoms with Gasteiger partial charge < -0.3 is 5.32 Å². The summed E-state index contributed by atoms with van der Waals surface area (Å²) in [7, 11) is 0. The smallest absolute Gasteiger partial charge is 0.152 e. The first-order chi connectivity index (χ1) is 15.3. The number of aliphatic imine (C=N–C) groups is 2. The molecular formula is C28H36FN3. The average Bonchev–Trinajstić information content (AvgIpc) is 2.81. The van der Waals surface area contributed by atoms with E-state index in [9.17, 15) is 4.39 Å². The number of hydrogen-bond donors (Lipinski definition) is 1. The third-order valence-electron chi connectivity index (χ3n) is 5.68. The maximum absolute atomic E-state index is 13.8. The van der Waals surface area contributed by atoms with Gasteiger partial charge in [0.05, 0.1) is 0 Å². The maximum Gasteiger partial charge on any atom is 0.152 e. The number of hydrogen-bond acceptors (Lipinski definition) is 3. The molecule has 0 radical (unpaired) electrons. The van der Waals surface area contributed by atoms with Crippen molar-refractivity contribution < 1.29 is 4.39 Å². The van der Waals surface area contributed by atoms with E-state index in [0.717, 1.165) is 41.0 Å². The second-order valence-corrected chi connectivity index (χ2v) is 8.17. The Morgan fingerprint density at radius 1 is 1.03 bits per heavy atom. The summed E-state index contributed by atoms with van der Waals surface area (Å²) in [5.74, 6) is 0.789. The zero-order valence-corrected chi connectivity index (χ0v) is 20.2. The molecule has 0 bridgehead atoms. The molecule has 3 nitrogen and oxygen atoms in total. The van der Waals surface area contributed by atoms with E-state index in [1.54, 1.807) is 6.07 Å². The zero-order valence-electron chi connectivity index (χ0n) is 20.2. The van der Waals surface area contributed by atoms with Gasteiger partial charge in [0.1, 0.15) is 11.5 Å². The van der Waals surface area contributed by atoms with Crippen molar-refractivity contribution >= 4 is 11.9 Å². The van der Waals surface area contributed by atoms with Crippen LogP contribution in [0.3, 0.4) is 0 Å². The minimum absolute atomic E-state index is 0.271. The van der Waals surface area contributed by atoms with Crippen LogP contribution in [-0.4, -0.2) is 11.9 Å². The van der Waals surface area contributed by atoms with Crippen molar-refractivity contribution in [3.8, 4) is 0 Å². The van der Waals surface area contributed by atoms with Crippen molar-refractivity contribution in [2.45, 2.75) is 60.9 Å². The predicted molar refractivity (Wildman–Crippen MR) is 136 cm³/mol. The van der Waals surface area contributed by atoms with Crippen molar-refractivity contribution in [1.82, 2.24) is 5.32 Å². The van der Waals surface area contributed by atoms with E-state index < -0.39 is 0 Å². The molecule has 32 heavy (non-hydrogen) atoms. The van der Waals surface area contributed by atoms with Gasteiger partial charge in [-0.25, -0.2) is 9.38 Å². The number of benzene rings is 2. The van der Waals surface area contributed by atoms with Gasteiger partial charge in [0.25, 0.3) is 0 Å². The lowest BCUT2D eigenvalue weighted by atomic mass is 10.1. The van der Waals surface area contributed by atoms with E-state index in [1.165, 1.54) is 17.7 Å². The molecule has 0 heterocycles.